The topological polar surface area (TPSA) is 64.4 Å². The predicted molar refractivity (Wildman–Crippen MR) is 59.6 cm³/mol. The Balaban J connectivity index is 2.56. The number of carboxylic acid groups (broad SMARTS) is 1. The average Bonchev–Trinajstić information content (AvgIpc) is 2.44. The molecule has 1 rings (SSSR count). The molecule has 0 radical (unpaired) electrons. The molecule has 90 valence electrons. The van der Waals surface area contributed by atoms with Gasteiger partial charge in [0.1, 0.15) is 5.56 Å². The molecular formula is C11H18N2O3. The third-order valence-corrected chi connectivity index (χ3v) is 2.03. The number of nitrogens with zero attached hydrogens (tertiary/aromatic N) is 2. The van der Waals surface area contributed by atoms with Crippen LogP contribution in [0.15, 0.2) is 6.20 Å². The summed E-state index contributed by atoms with van der Waals surface area (Å²) in [5.74, 6) is -0.944. The van der Waals surface area contributed by atoms with Crippen molar-refractivity contribution in [3.8, 4) is 0 Å². The lowest BCUT2D eigenvalue weighted by Gasteiger charge is -2.19. The molecule has 0 amide bonds. The number of rotatable bonds is 4. The SMILES string of the molecule is Cc1nn(CCOC(C)(C)C)cc1C(=O)O. The van der Waals surface area contributed by atoms with Gasteiger partial charge >= 0.3 is 5.97 Å². The van der Waals surface area contributed by atoms with E-state index in [-0.39, 0.29) is 11.2 Å². The van der Waals surface area contributed by atoms with Crippen LogP contribution in [0.5, 0.6) is 0 Å². The lowest BCUT2D eigenvalue weighted by atomic mass is 10.2. The van der Waals surface area contributed by atoms with Crippen LogP contribution in [0.4, 0.5) is 0 Å². The van der Waals surface area contributed by atoms with Crippen molar-refractivity contribution in [2.45, 2.75) is 39.8 Å². The minimum absolute atomic E-state index is 0.183. The Morgan fingerprint density at radius 3 is 2.62 bits per heavy atom. The van der Waals surface area contributed by atoms with Gasteiger partial charge < -0.3 is 9.84 Å². The van der Waals surface area contributed by atoms with Crippen molar-refractivity contribution >= 4 is 5.97 Å². The van der Waals surface area contributed by atoms with Crippen LogP contribution >= 0.6 is 0 Å². The number of carbonyl (C=O) groups is 1. The maximum absolute atomic E-state index is 10.8. The molecule has 0 aliphatic carbocycles. The average molecular weight is 226 g/mol. The number of aromatic carboxylic acids is 1. The molecule has 0 atom stereocenters. The Hall–Kier alpha value is -1.36. The molecular weight excluding hydrogens is 208 g/mol. The number of hydrogen-bond donors (Lipinski definition) is 1. The number of carboxylic acids is 1. The number of aryl methyl sites for hydroxylation is 1. The van der Waals surface area contributed by atoms with Gasteiger partial charge in [0.2, 0.25) is 0 Å². The van der Waals surface area contributed by atoms with E-state index in [9.17, 15) is 4.79 Å². The summed E-state index contributed by atoms with van der Waals surface area (Å²) in [5.41, 5.74) is 0.594. The van der Waals surface area contributed by atoms with Gasteiger partial charge in [0.05, 0.1) is 24.4 Å². The quantitative estimate of drug-likeness (QED) is 0.848. The molecule has 0 aromatic carbocycles. The normalized spacial score (nSPS) is 11.8. The fourth-order valence-corrected chi connectivity index (χ4v) is 1.29. The Kier molecular flexibility index (Phi) is 3.70. The highest BCUT2D eigenvalue weighted by molar-refractivity contribution is 5.88. The predicted octanol–water partition coefficient (Wildman–Crippen LogP) is 1.70. The monoisotopic (exact) mass is 226 g/mol. The van der Waals surface area contributed by atoms with Gasteiger partial charge in [-0.15, -0.1) is 0 Å². The summed E-state index contributed by atoms with van der Waals surface area (Å²) in [6.45, 7) is 8.69. The van der Waals surface area contributed by atoms with Gasteiger partial charge in [0, 0.05) is 6.20 Å². The Bertz CT molecular complexity index is 377. The van der Waals surface area contributed by atoms with Crippen LogP contribution in [-0.4, -0.2) is 33.1 Å². The largest absolute Gasteiger partial charge is 0.478 e. The number of ether oxygens (including phenoxy) is 1. The molecule has 0 unspecified atom stereocenters. The van der Waals surface area contributed by atoms with Crippen LogP contribution < -0.4 is 0 Å². The minimum atomic E-state index is -0.944. The third kappa shape index (κ3) is 3.66. The Labute approximate surface area is 95.0 Å². The first-order chi connectivity index (χ1) is 7.29. The van der Waals surface area contributed by atoms with Crippen LogP contribution in [0, 0.1) is 6.92 Å². The molecule has 0 saturated heterocycles. The molecule has 0 fully saturated rings. The highest BCUT2D eigenvalue weighted by Crippen LogP contribution is 2.08. The molecule has 5 nitrogen and oxygen atoms in total. The van der Waals surface area contributed by atoms with Gasteiger partial charge in [-0.25, -0.2) is 4.79 Å². The highest BCUT2D eigenvalue weighted by Gasteiger charge is 2.13. The maximum atomic E-state index is 10.8. The summed E-state index contributed by atoms with van der Waals surface area (Å²) in [7, 11) is 0. The van der Waals surface area contributed by atoms with E-state index in [1.54, 1.807) is 11.6 Å². The molecule has 16 heavy (non-hydrogen) atoms. The zero-order chi connectivity index (χ0) is 12.3. The van der Waals surface area contributed by atoms with E-state index >= 15 is 0 Å². The van der Waals surface area contributed by atoms with Gasteiger partial charge in [0.15, 0.2) is 0 Å². The van der Waals surface area contributed by atoms with Crippen molar-refractivity contribution in [2.24, 2.45) is 0 Å². The van der Waals surface area contributed by atoms with Crippen LogP contribution in [0.2, 0.25) is 0 Å². The molecule has 1 aromatic heterocycles. The van der Waals surface area contributed by atoms with Crippen LogP contribution in [-0.2, 0) is 11.3 Å². The van der Waals surface area contributed by atoms with E-state index in [1.807, 2.05) is 20.8 Å². The first kappa shape index (κ1) is 12.7. The summed E-state index contributed by atoms with van der Waals surface area (Å²) >= 11 is 0. The van der Waals surface area contributed by atoms with E-state index in [1.165, 1.54) is 6.20 Å². The highest BCUT2D eigenvalue weighted by atomic mass is 16.5. The molecule has 0 bridgehead atoms. The van der Waals surface area contributed by atoms with E-state index in [4.69, 9.17) is 9.84 Å². The zero-order valence-corrected chi connectivity index (χ0v) is 10.1. The first-order valence-corrected chi connectivity index (χ1v) is 5.21. The maximum Gasteiger partial charge on any atom is 0.339 e. The molecule has 1 N–H and O–H groups in total. The van der Waals surface area contributed by atoms with Gasteiger partial charge in [-0.2, -0.15) is 5.10 Å². The Morgan fingerprint density at radius 2 is 2.19 bits per heavy atom. The summed E-state index contributed by atoms with van der Waals surface area (Å²) in [6, 6.07) is 0. The van der Waals surface area contributed by atoms with E-state index in [0.717, 1.165) is 0 Å². The van der Waals surface area contributed by atoms with Crippen molar-refractivity contribution in [3.05, 3.63) is 17.5 Å². The third-order valence-electron chi connectivity index (χ3n) is 2.03. The van der Waals surface area contributed by atoms with Crippen LogP contribution in [0.1, 0.15) is 36.8 Å². The van der Waals surface area contributed by atoms with Crippen molar-refractivity contribution in [2.75, 3.05) is 6.61 Å². The fraction of sp³-hybridized carbons (Fsp3) is 0.636. The van der Waals surface area contributed by atoms with E-state index in [2.05, 4.69) is 5.10 Å². The second kappa shape index (κ2) is 4.65. The summed E-state index contributed by atoms with van der Waals surface area (Å²) in [5, 5.41) is 13.0. The van der Waals surface area contributed by atoms with Crippen molar-refractivity contribution < 1.29 is 14.6 Å². The zero-order valence-electron chi connectivity index (χ0n) is 10.1. The Morgan fingerprint density at radius 1 is 1.56 bits per heavy atom. The molecule has 0 aliphatic rings. The number of hydrogen-bond acceptors (Lipinski definition) is 3. The van der Waals surface area contributed by atoms with Crippen LogP contribution in [0.25, 0.3) is 0 Å². The van der Waals surface area contributed by atoms with Crippen molar-refractivity contribution in [1.29, 1.82) is 0 Å². The molecule has 0 spiro atoms. The lowest BCUT2D eigenvalue weighted by Crippen LogP contribution is -2.22. The second-order valence-corrected chi connectivity index (χ2v) is 4.66. The molecule has 1 aromatic rings. The van der Waals surface area contributed by atoms with Crippen molar-refractivity contribution in [3.63, 3.8) is 0 Å². The minimum Gasteiger partial charge on any atom is -0.478 e. The summed E-state index contributed by atoms with van der Waals surface area (Å²) in [4.78, 5) is 10.8. The second-order valence-electron chi connectivity index (χ2n) is 4.66. The summed E-state index contributed by atoms with van der Waals surface area (Å²) < 4.78 is 7.14. The van der Waals surface area contributed by atoms with Crippen LogP contribution in [0.3, 0.4) is 0 Å². The fourth-order valence-electron chi connectivity index (χ4n) is 1.29. The number of aromatic nitrogens is 2. The molecule has 0 saturated carbocycles. The molecule has 5 heteroatoms. The van der Waals surface area contributed by atoms with Gasteiger partial charge in [-0.3, -0.25) is 4.68 Å². The summed E-state index contributed by atoms with van der Waals surface area (Å²) in [6.07, 6.45) is 1.53. The lowest BCUT2D eigenvalue weighted by molar-refractivity contribution is -0.00793. The van der Waals surface area contributed by atoms with Crippen molar-refractivity contribution in [1.82, 2.24) is 9.78 Å². The smallest absolute Gasteiger partial charge is 0.339 e. The van der Waals surface area contributed by atoms with Gasteiger partial charge in [-0.1, -0.05) is 0 Å². The van der Waals surface area contributed by atoms with Gasteiger partial charge in [-0.05, 0) is 27.7 Å². The van der Waals surface area contributed by atoms with Gasteiger partial charge in [0.25, 0.3) is 0 Å². The van der Waals surface area contributed by atoms with E-state index in [0.29, 0.717) is 18.8 Å². The molecule has 0 aliphatic heterocycles. The standard InChI is InChI=1S/C11H18N2O3/c1-8-9(10(14)15)7-13(12-8)5-6-16-11(2,3)4/h7H,5-6H2,1-4H3,(H,14,15). The van der Waals surface area contributed by atoms with E-state index < -0.39 is 5.97 Å². The molecule has 1 heterocycles. The first-order valence-electron chi connectivity index (χ1n) is 5.21.